The van der Waals surface area contributed by atoms with Gasteiger partial charge in [0, 0.05) is 18.2 Å². The zero-order valence-electron chi connectivity index (χ0n) is 11.6. The van der Waals surface area contributed by atoms with E-state index in [-0.39, 0.29) is 17.5 Å². The summed E-state index contributed by atoms with van der Waals surface area (Å²) in [4.78, 5) is 13.9. The van der Waals surface area contributed by atoms with E-state index in [1.807, 2.05) is 30.9 Å². The molecule has 0 aliphatic carbocycles. The minimum Gasteiger partial charge on any atom is -0.325 e. The van der Waals surface area contributed by atoms with E-state index in [1.54, 1.807) is 0 Å². The normalized spacial score (nSPS) is 22.9. The van der Waals surface area contributed by atoms with Crippen LogP contribution in [-0.2, 0) is 4.79 Å². The Bertz CT molecular complexity index is 448. The lowest BCUT2D eigenvalue weighted by molar-refractivity contribution is -0.117. The highest BCUT2D eigenvalue weighted by Gasteiger charge is 2.44. The highest BCUT2D eigenvalue weighted by atomic mass is 16.2. The Balaban J connectivity index is 2.34. The summed E-state index contributed by atoms with van der Waals surface area (Å²) >= 11 is 0. The maximum Gasteiger partial charge on any atom is 0.229 e. The van der Waals surface area contributed by atoms with Gasteiger partial charge in [0.25, 0.3) is 0 Å². The van der Waals surface area contributed by atoms with Crippen molar-refractivity contribution in [2.24, 2.45) is 5.73 Å². The second kappa shape index (κ2) is 4.39. The van der Waals surface area contributed by atoms with E-state index in [2.05, 4.69) is 26.0 Å². The van der Waals surface area contributed by atoms with Gasteiger partial charge in [-0.2, -0.15) is 0 Å². The number of amides is 1. The van der Waals surface area contributed by atoms with Gasteiger partial charge in [-0.15, -0.1) is 0 Å². The minimum absolute atomic E-state index is 0.102. The van der Waals surface area contributed by atoms with E-state index in [4.69, 9.17) is 5.73 Å². The van der Waals surface area contributed by atoms with Crippen molar-refractivity contribution in [1.29, 1.82) is 0 Å². The Morgan fingerprint density at radius 2 is 1.83 bits per heavy atom. The smallest absolute Gasteiger partial charge is 0.229 e. The maximum absolute atomic E-state index is 12.1. The van der Waals surface area contributed by atoms with Gasteiger partial charge >= 0.3 is 0 Å². The van der Waals surface area contributed by atoms with Gasteiger partial charge in [0.1, 0.15) is 0 Å². The average molecular weight is 246 g/mol. The number of benzene rings is 1. The van der Waals surface area contributed by atoms with Crippen molar-refractivity contribution in [3.8, 4) is 0 Å². The van der Waals surface area contributed by atoms with Crippen LogP contribution in [0.4, 0.5) is 5.69 Å². The van der Waals surface area contributed by atoms with Crippen molar-refractivity contribution in [2.75, 3.05) is 4.90 Å². The van der Waals surface area contributed by atoms with Crippen LogP contribution in [0.15, 0.2) is 24.3 Å². The van der Waals surface area contributed by atoms with E-state index in [1.165, 1.54) is 5.56 Å². The monoisotopic (exact) mass is 246 g/mol. The number of carbonyl (C=O) groups is 1. The first kappa shape index (κ1) is 13.1. The molecule has 0 spiro atoms. The van der Waals surface area contributed by atoms with Gasteiger partial charge in [-0.3, -0.25) is 4.79 Å². The van der Waals surface area contributed by atoms with E-state index in [0.29, 0.717) is 12.3 Å². The van der Waals surface area contributed by atoms with E-state index in [0.717, 1.165) is 5.69 Å². The third-order valence-electron chi connectivity index (χ3n) is 3.95. The van der Waals surface area contributed by atoms with Crippen molar-refractivity contribution in [1.82, 2.24) is 0 Å². The zero-order chi connectivity index (χ0) is 13.5. The molecule has 1 saturated heterocycles. The molecule has 2 N–H and O–H groups in total. The van der Waals surface area contributed by atoms with Crippen molar-refractivity contribution in [3.05, 3.63) is 29.8 Å². The Kier molecular flexibility index (Phi) is 3.20. The lowest BCUT2D eigenvalue weighted by Crippen LogP contribution is -2.49. The molecule has 3 nitrogen and oxygen atoms in total. The largest absolute Gasteiger partial charge is 0.325 e. The first-order valence-electron chi connectivity index (χ1n) is 6.52. The van der Waals surface area contributed by atoms with Crippen LogP contribution in [-0.4, -0.2) is 17.5 Å². The van der Waals surface area contributed by atoms with E-state index in [9.17, 15) is 4.79 Å². The third kappa shape index (κ3) is 2.03. The zero-order valence-corrected chi connectivity index (χ0v) is 11.6. The van der Waals surface area contributed by atoms with Crippen LogP contribution in [0.3, 0.4) is 0 Å². The second-order valence-electron chi connectivity index (χ2n) is 5.94. The molecule has 1 aliphatic heterocycles. The fourth-order valence-corrected chi connectivity index (χ4v) is 2.50. The number of hydrogen-bond acceptors (Lipinski definition) is 2. The summed E-state index contributed by atoms with van der Waals surface area (Å²) in [5.41, 5.74) is 7.97. The number of hydrogen-bond donors (Lipinski definition) is 1. The lowest BCUT2D eigenvalue weighted by atomic mass is 9.96. The fourth-order valence-electron chi connectivity index (χ4n) is 2.50. The lowest BCUT2D eigenvalue weighted by Gasteiger charge is -2.34. The molecule has 1 atom stereocenters. The van der Waals surface area contributed by atoms with Crippen LogP contribution in [0.5, 0.6) is 0 Å². The molecule has 1 heterocycles. The summed E-state index contributed by atoms with van der Waals surface area (Å²) in [5.74, 6) is 0.619. The molecule has 1 aromatic rings. The Hall–Kier alpha value is -1.35. The minimum atomic E-state index is -0.309. The molecule has 0 bridgehead atoms. The van der Waals surface area contributed by atoms with Crippen LogP contribution in [0.2, 0.25) is 0 Å². The molecular weight excluding hydrogens is 224 g/mol. The standard InChI is InChI=1S/C15H22N2O/c1-10(2)11-5-7-12(8-6-11)17-14(18)9-13(16)15(17,3)4/h5-8,10,13H,9,16H2,1-4H3. The average Bonchev–Trinajstić information content (AvgIpc) is 2.48. The molecule has 1 amide bonds. The van der Waals surface area contributed by atoms with E-state index < -0.39 is 0 Å². The molecule has 1 fully saturated rings. The van der Waals surface area contributed by atoms with Crippen LogP contribution >= 0.6 is 0 Å². The van der Waals surface area contributed by atoms with Crippen molar-refractivity contribution in [3.63, 3.8) is 0 Å². The SMILES string of the molecule is CC(C)c1ccc(N2C(=O)CC(N)C2(C)C)cc1. The molecule has 0 aromatic heterocycles. The predicted octanol–water partition coefficient (Wildman–Crippen LogP) is 2.65. The summed E-state index contributed by atoms with van der Waals surface area (Å²) in [6.07, 6.45) is 0.429. The number of rotatable bonds is 2. The van der Waals surface area contributed by atoms with Crippen LogP contribution in [0, 0.1) is 0 Å². The molecular formula is C15H22N2O. The highest BCUT2D eigenvalue weighted by Crippen LogP contribution is 2.34. The highest BCUT2D eigenvalue weighted by molar-refractivity contribution is 5.98. The summed E-state index contributed by atoms with van der Waals surface area (Å²) < 4.78 is 0. The summed E-state index contributed by atoms with van der Waals surface area (Å²) in [5, 5.41) is 0. The first-order chi connectivity index (χ1) is 8.34. The Morgan fingerprint density at radius 3 is 2.22 bits per heavy atom. The van der Waals surface area contributed by atoms with Gasteiger partial charge in [0.2, 0.25) is 5.91 Å². The van der Waals surface area contributed by atoms with Crippen molar-refractivity contribution >= 4 is 11.6 Å². The summed E-state index contributed by atoms with van der Waals surface area (Å²) in [6, 6.07) is 8.12. The summed E-state index contributed by atoms with van der Waals surface area (Å²) in [6.45, 7) is 8.38. The molecule has 18 heavy (non-hydrogen) atoms. The van der Waals surface area contributed by atoms with E-state index >= 15 is 0 Å². The molecule has 1 unspecified atom stereocenters. The van der Waals surface area contributed by atoms with Gasteiger partial charge in [-0.1, -0.05) is 26.0 Å². The van der Waals surface area contributed by atoms with Crippen molar-refractivity contribution < 1.29 is 4.79 Å². The molecule has 98 valence electrons. The van der Waals surface area contributed by atoms with Crippen LogP contribution < -0.4 is 10.6 Å². The molecule has 1 aromatic carbocycles. The molecule has 3 heteroatoms. The van der Waals surface area contributed by atoms with Gasteiger partial charge in [-0.25, -0.2) is 0 Å². The molecule has 2 rings (SSSR count). The van der Waals surface area contributed by atoms with Gasteiger partial charge in [0.15, 0.2) is 0 Å². The quantitative estimate of drug-likeness (QED) is 0.872. The Labute approximate surface area is 109 Å². The number of anilines is 1. The number of nitrogens with zero attached hydrogens (tertiary/aromatic N) is 1. The molecule has 0 saturated carbocycles. The van der Waals surface area contributed by atoms with Gasteiger partial charge in [0.05, 0.1) is 5.54 Å². The maximum atomic E-state index is 12.1. The molecule has 0 radical (unpaired) electrons. The fraction of sp³-hybridized carbons (Fsp3) is 0.533. The van der Waals surface area contributed by atoms with Crippen LogP contribution in [0.1, 0.15) is 45.6 Å². The first-order valence-corrected chi connectivity index (χ1v) is 6.52. The number of carbonyl (C=O) groups excluding carboxylic acids is 1. The second-order valence-corrected chi connectivity index (χ2v) is 5.94. The predicted molar refractivity (Wildman–Crippen MR) is 74.7 cm³/mol. The van der Waals surface area contributed by atoms with Crippen molar-refractivity contribution in [2.45, 2.75) is 51.6 Å². The van der Waals surface area contributed by atoms with Crippen LogP contribution in [0.25, 0.3) is 0 Å². The Morgan fingerprint density at radius 1 is 1.28 bits per heavy atom. The van der Waals surface area contributed by atoms with Gasteiger partial charge in [-0.05, 0) is 37.5 Å². The summed E-state index contributed by atoms with van der Waals surface area (Å²) in [7, 11) is 0. The molecule has 1 aliphatic rings. The third-order valence-corrected chi connectivity index (χ3v) is 3.95. The number of nitrogens with two attached hydrogens (primary N) is 1. The van der Waals surface area contributed by atoms with Gasteiger partial charge < -0.3 is 10.6 Å². The topological polar surface area (TPSA) is 46.3 Å².